The van der Waals surface area contributed by atoms with E-state index in [1.807, 2.05) is 36.4 Å². The third-order valence-electron chi connectivity index (χ3n) is 13.5. The molecule has 62 heavy (non-hydrogen) atoms. The van der Waals surface area contributed by atoms with Gasteiger partial charge in [0.1, 0.15) is 11.2 Å². The lowest BCUT2D eigenvalue weighted by Crippen LogP contribution is -2.33. The first-order valence-electron chi connectivity index (χ1n) is 21.6. The molecule has 1 aliphatic carbocycles. The van der Waals surface area contributed by atoms with Gasteiger partial charge in [-0.15, -0.1) is 0 Å². The Bertz CT molecular complexity index is 3560. The third kappa shape index (κ3) is 5.72. The zero-order chi connectivity index (χ0) is 41.7. The molecule has 0 bridgehead atoms. The number of furan rings is 1. The van der Waals surface area contributed by atoms with Gasteiger partial charge < -0.3 is 8.98 Å². The minimum Gasteiger partial charge on any atom is -0.456 e. The Morgan fingerprint density at radius 2 is 1.00 bits per heavy atom. The van der Waals surface area contributed by atoms with E-state index in [1.165, 1.54) is 56.5 Å². The molecule has 0 spiro atoms. The number of benzene rings is 8. The van der Waals surface area contributed by atoms with Crippen molar-refractivity contribution in [1.82, 2.24) is 19.5 Å². The van der Waals surface area contributed by atoms with E-state index in [4.69, 9.17) is 19.4 Å². The standard InChI is InChI=1S/C57H44N4O/c1-56(2)31-32-57(3,4)46-34-48-44(33-45(46)56)51-41-16-9-8-13-35(41)27-30-47(51)61(48)40-28-25-39(26-29-40)55-59-53(37-14-6-5-7-15-37)58-54(60-55)38-23-21-36(22-24-38)42-18-12-20-50-52(42)43-17-10-11-19-49(43)62-50/h5-30,33-34H,31-32H2,1-4H3. The van der Waals surface area contributed by atoms with Gasteiger partial charge in [0.05, 0.1) is 11.0 Å². The van der Waals surface area contributed by atoms with Crippen LogP contribution in [0.3, 0.4) is 0 Å². The summed E-state index contributed by atoms with van der Waals surface area (Å²) in [5, 5.41) is 7.38. The highest BCUT2D eigenvalue weighted by Crippen LogP contribution is 2.49. The monoisotopic (exact) mass is 800 g/mol. The Balaban J connectivity index is 0.984. The fraction of sp³-hybridized carbons (Fsp3) is 0.140. The lowest BCUT2D eigenvalue weighted by atomic mass is 9.63. The number of nitrogens with zero attached hydrogens (tertiary/aromatic N) is 4. The molecular formula is C57H44N4O. The Hall–Kier alpha value is -7.37. The van der Waals surface area contributed by atoms with Crippen LogP contribution in [0.15, 0.2) is 174 Å². The summed E-state index contributed by atoms with van der Waals surface area (Å²) in [5.74, 6) is 1.89. The second-order valence-corrected chi connectivity index (χ2v) is 18.3. The third-order valence-corrected chi connectivity index (χ3v) is 13.5. The minimum absolute atomic E-state index is 0.0855. The van der Waals surface area contributed by atoms with Crippen LogP contribution in [0.2, 0.25) is 0 Å². The summed E-state index contributed by atoms with van der Waals surface area (Å²) in [6.07, 6.45) is 2.34. The molecule has 3 heterocycles. The topological polar surface area (TPSA) is 56.7 Å². The number of para-hydroxylation sites is 1. The van der Waals surface area contributed by atoms with Gasteiger partial charge in [-0.05, 0) is 111 Å². The first-order chi connectivity index (χ1) is 30.2. The Morgan fingerprint density at radius 3 is 1.71 bits per heavy atom. The molecule has 11 aromatic rings. The molecule has 0 radical (unpaired) electrons. The van der Waals surface area contributed by atoms with E-state index in [9.17, 15) is 0 Å². The summed E-state index contributed by atoms with van der Waals surface area (Å²) in [4.78, 5) is 15.3. The second kappa shape index (κ2) is 13.6. The van der Waals surface area contributed by atoms with E-state index in [1.54, 1.807) is 0 Å². The van der Waals surface area contributed by atoms with Crippen LogP contribution in [-0.2, 0) is 10.8 Å². The predicted molar refractivity (Wildman–Crippen MR) is 256 cm³/mol. The first kappa shape index (κ1) is 36.5. The van der Waals surface area contributed by atoms with Crippen LogP contribution in [0, 0.1) is 0 Å². The van der Waals surface area contributed by atoms with Crippen molar-refractivity contribution in [2.45, 2.75) is 51.4 Å². The Kier molecular flexibility index (Phi) is 7.98. The average molecular weight is 801 g/mol. The molecule has 12 rings (SSSR count). The maximum atomic E-state index is 6.21. The lowest BCUT2D eigenvalue weighted by molar-refractivity contribution is 0.332. The molecule has 1 aliphatic rings. The van der Waals surface area contributed by atoms with Gasteiger partial charge in [-0.1, -0.05) is 143 Å². The van der Waals surface area contributed by atoms with E-state index >= 15 is 0 Å². The van der Waals surface area contributed by atoms with Gasteiger partial charge in [0.25, 0.3) is 0 Å². The highest BCUT2D eigenvalue weighted by atomic mass is 16.3. The molecule has 0 fully saturated rings. The number of aromatic nitrogens is 4. The van der Waals surface area contributed by atoms with Crippen molar-refractivity contribution in [3.8, 4) is 51.0 Å². The predicted octanol–water partition coefficient (Wildman–Crippen LogP) is 15.0. The molecule has 0 amide bonds. The van der Waals surface area contributed by atoms with Crippen molar-refractivity contribution in [3.05, 3.63) is 181 Å². The average Bonchev–Trinajstić information content (AvgIpc) is 3.86. The van der Waals surface area contributed by atoms with Gasteiger partial charge in [0.2, 0.25) is 0 Å². The van der Waals surface area contributed by atoms with E-state index in [-0.39, 0.29) is 10.8 Å². The van der Waals surface area contributed by atoms with Gasteiger partial charge >= 0.3 is 0 Å². The molecule has 0 N–H and O–H groups in total. The van der Waals surface area contributed by atoms with Crippen molar-refractivity contribution in [1.29, 1.82) is 0 Å². The Morgan fingerprint density at radius 1 is 0.435 bits per heavy atom. The van der Waals surface area contributed by atoms with Gasteiger partial charge in [-0.3, -0.25) is 0 Å². The maximum Gasteiger partial charge on any atom is 0.164 e. The molecule has 3 aromatic heterocycles. The fourth-order valence-electron chi connectivity index (χ4n) is 10.0. The molecule has 0 saturated carbocycles. The maximum absolute atomic E-state index is 6.21. The van der Waals surface area contributed by atoms with Gasteiger partial charge in [0, 0.05) is 43.9 Å². The van der Waals surface area contributed by atoms with Crippen molar-refractivity contribution < 1.29 is 4.42 Å². The van der Waals surface area contributed by atoms with Crippen molar-refractivity contribution >= 4 is 54.5 Å². The van der Waals surface area contributed by atoms with Crippen molar-refractivity contribution in [2.24, 2.45) is 0 Å². The molecule has 0 aliphatic heterocycles. The van der Waals surface area contributed by atoms with Crippen LogP contribution < -0.4 is 0 Å². The van der Waals surface area contributed by atoms with Gasteiger partial charge in [0.15, 0.2) is 17.5 Å². The summed E-state index contributed by atoms with van der Waals surface area (Å²) >= 11 is 0. The van der Waals surface area contributed by atoms with Gasteiger partial charge in [-0.25, -0.2) is 15.0 Å². The van der Waals surface area contributed by atoms with Crippen molar-refractivity contribution in [2.75, 3.05) is 0 Å². The summed E-state index contributed by atoms with van der Waals surface area (Å²) in [5.41, 5.74) is 13.5. The largest absolute Gasteiger partial charge is 0.456 e. The number of hydrogen-bond donors (Lipinski definition) is 0. The molecular weight excluding hydrogens is 757 g/mol. The second-order valence-electron chi connectivity index (χ2n) is 18.3. The molecule has 0 unspecified atom stereocenters. The molecule has 5 heteroatoms. The van der Waals surface area contributed by atoms with E-state index in [2.05, 4.69) is 166 Å². The SMILES string of the molecule is CC1(C)CCC(C)(C)c2cc3c(cc21)c1c2ccccc2ccc1n3-c1ccc(-c2nc(-c3ccccc3)nc(-c3ccc(-c4cccc5oc6ccccc6c45)cc3)n2)cc1. The highest BCUT2D eigenvalue weighted by Gasteiger charge is 2.38. The summed E-state index contributed by atoms with van der Waals surface area (Å²) in [7, 11) is 0. The van der Waals surface area contributed by atoms with Crippen LogP contribution >= 0.6 is 0 Å². The number of rotatable bonds is 5. The highest BCUT2D eigenvalue weighted by molar-refractivity contribution is 6.21. The molecule has 5 nitrogen and oxygen atoms in total. The fourth-order valence-corrected chi connectivity index (χ4v) is 10.0. The Labute approximate surface area is 360 Å². The molecule has 0 saturated heterocycles. The summed E-state index contributed by atoms with van der Waals surface area (Å²) in [6, 6.07) is 60.3. The lowest BCUT2D eigenvalue weighted by Gasteiger charge is -2.42. The quantitative estimate of drug-likeness (QED) is 0.174. The van der Waals surface area contributed by atoms with Crippen LogP contribution in [0.4, 0.5) is 0 Å². The smallest absolute Gasteiger partial charge is 0.164 e. The van der Waals surface area contributed by atoms with Crippen LogP contribution in [0.5, 0.6) is 0 Å². The van der Waals surface area contributed by atoms with E-state index in [0.717, 1.165) is 55.4 Å². The van der Waals surface area contributed by atoms with Gasteiger partial charge in [-0.2, -0.15) is 0 Å². The first-order valence-corrected chi connectivity index (χ1v) is 21.6. The van der Waals surface area contributed by atoms with Crippen LogP contribution in [0.25, 0.3) is 105 Å². The normalized spacial score (nSPS) is 14.6. The minimum atomic E-state index is 0.0855. The van der Waals surface area contributed by atoms with E-state index < -0.39 is 0 Å². The van der Waals surface area contributed by atoms with Crippen LogP contribution in [0.1, 0.15) is 51.7 Å². The zero-order valence-electron chi connectivity index (χ0n) is 35.3. The number of hydrogen-bond acceptors (Lipinski definition) is 4. The summed E-state index contributed by atoms with van der Waals surface area (Å²) in [6.45, 7) is 9.65. The van der Waals surface area contributed by atoms with E-state index in [0.29, 0.717) is 17.5 Å². The molecule has 298 valence electrons. The van der Waals surface area contributed by atoms with Crippen molar-refractivity contribution in [3.63, 3.8) is 0 Å². The zero-order valence-corrected chi connectivity index (χ0v) is 35.3. The summed E-state index contributed by atoms with van der Waals surface area (Å²) < 4.78 is 8.67. The molecule has 8 aromatic carbocycles. The number of fused-ring (bicyclic) bond motifs is 9. The molecule has 0 atom stereocenters. The van der Waals surface area contributed by atoms with Crippen LogP contribution in [-0.4, -0.2) is 19.5 Å².